The number of rotatable bonds is 5. The number of carbonyl (C=O) groups excluding carboxylic acids is 2. The Kier molecular flexibility index (Phi) is 6.56. The minimum atomic E-state index is -0.487. The van der Waals surface area contributed by atoms with E-state index < -0.39 is 5.60 Å². The summed E-state index contributed by atoms with van der Waals surface area (Å²) in [6.07, 6.45) is 6.86. The molecule has 0 spiro atoms. The van der Waals surface area contributed by atoms with Crippen molar-refractivity contribution in [2.24, 2.45) is 5.92 Å². The van der Waals surface area contributed by atoms with Crippen LogP contribution in [0.2, 0.25) is 0 Å². The molecule has 0 saturated carbocycles. The van der Waals surface area contributed by atoms with Gasteiger partial charge in [0.1, 0.15) is 5.60 Å². The Labute approximate surface area is 171 Å². The number of aromatic nitrogens is 1. The Bertz CT molecular complexity index is 802. The summed E-state index contributed by atoms with van der Waals surface area (Å²) in [6, 6.07) is 5.73. The summed E-state index contributed by atoms with van der Waals surface area (Å²) < 4.78 is 10.5. The van der Waals surface area contributed by atoms with E-state index in [0.29, 0.717) is 26.1 Å². The lowest BCUT2D eigenvalue weighted by Crippen LogP contribution is -2.42. The number of hydrogen-bond donors (Lipinski definition) is 1. The number of piperidine rings is 1. The van der Waals surface area contributed by atoms with Crippen LogP contribution in [0.4, 0.5) is 4.79 Å². The summed E-state index contributed by atoms with van der Waals surface area (Å²) in [5, 5.41) is 2.96. The van der Waals surface area contributed by atoms with Gasteiger partial charge in [0.2, 0.25) is 5.91 Å². The summed E-state index contributed by atoms with van der Waals surface area (Å²) in [5.41, 5.74) is 2.23. The minimum Gasteiger partial charge on any atom is -0.472 e. The van der Waals surface area contributed by atoms with Crippen molar-refractivity contribution < 1.29 is 18.7 Å². The van der Waals surface area contributed by atoms with Crippen molar-refractivity contribution in [3.63, 3.8) is 0 Å². The molecule has 3 heterocycles. The third kappa shape index (κ3) is 6.34. The minimum absolute atomic E-state index is 0.0274. The summed E-state index contributed by atoms with van der Waals surface area (Å²) in [7, 11) is 0. The highest BCUT2D eigenvalue weighted by molar-refractivity contribution is 5.76. The van der Waals surface area contributed by atoms with Gasteiger partial charge in [0.05, 0.1) is 18.2 Å². The Morgan fingerprint density at radius 1 is 1.24 bits per heavy atom. The molecule has 156 valence electrons. The van der Waals surface area contributed by atoms with Gasteiger partial charge in [0.25, 0.3) is 0 Å². The standard InChI is InChI=1S/C22H29N3O4/c1-22(2,3)29-21(27)25-9-6-16(7-10-25)12-20(26)24-14-17-4-5-19(23-13-17)18-8-11-28-15-18/h4-5,8,11,13,15-16H,6-7,9-10,12,14H2,1-3H3,(H,24,26). The molecule has 1 aliphatic heterocycles. The van der Waals surface area contributed by atoms with E-state index in [-0.39, 0.29) is 17.9 Å². The van der Waals surface area contributed by atoms with Crippen LogP contribution >= 0.6 is 0 Å². The van der Waals surface area contributed by atoms with Crippen LogP contribution in [0, 0.1) is 5.92 Å². The molecule has 0 aromatic carbocycles. The van der Waals surface area contributed by atoms with Crippen LogP contribution in [0.15, 0.2) is 41.3 Å². The van der Waals surface area contributed by atoms with Gasteiger partial charge in [-0.3, -0.25) is 9.78 Å². The first-order valence-electron chi connectivity index (χ1n) is 10.0. The molecule has 1 saturated heterocycles. The normalized spacial score (nSPS) is 15.2. The summed E-state index contributed by atoms with van der Waals surface area (Å²) in [5.74, 6) is 0.315. The van der Waals surface area contributed by atoms with Gasteiger partial charge in [-0.05, 0) is 57.2 Å². The number of carbonyl (C=O) groups is 2. The zero-order valence-electron chi connectivity index (χ0n) is 17.3. The van der Waals surface area contributed by atoms with Crippen LogP contribution in [0.25, 0.3) is 11.3 Å². The molecule has 0 radical (unpaired) electrons. The second-order valence-corrected chi connectivity index (χ2v) is 8.46. The van der Waals surface area contributed by atoms with Crippen molar-refractivity contribution in [2.45, 2.75) is 52.2 Å². The van der Waals surface area contributed by atoms with Crippen LogP contribution in [0.3, 0.4) is 0 Å². The topological polar surface area (TPSA) is 84.7 Å². The molecule has 1 N–H and O–H groups in total. The molecule has 0 bridgehead atoms. The van der Waals surface area contributed by atoms with Gasteiger partial charge in [0.15, 0.2) is 0 Å². The van der Waals surface area contributed by atoms with Crippen LogP contribution < -0.4 is 5.32 Å². The van der Waals surface area contributed by atoms with Gasteiger partial charge in [-0.15, -0.1) is 0 Å². The Balaban J connectivity index is 1.39. The van der Waals surface area contributed by atoms with Crippen molar-refractivity contribution in [3.8, 4) is 11.3 Å². The molecule has 0 aliphatic carbocycles. The number of nitrogens with one attached hydrogen (secondary N) is 1. The maximum atomic E-state index is 12.3. The van der Waals surface area contributed by atoms with E-state index in [4.69, 9.17) is 9.15 Å². The van der Waals surface area contributed by atoms with E-state index in [9.17, 15) is 9.59 Å². The van der Waals surface area contributed by atoms with Gasteiger partial charge in [-0.25, -0.2) is 4.79 Å². The van der Waals surface area contributed by atoms with Crippen LogP contribution in [-0.4, -0.2) is 40.6 Å². The highest BCUT2D eigenvalue weighted by Gasteiger charge is 2.27. The van der Waals surface area contributed by atoms with Crippen molar-refractivity contribution >= 4 is 12.0 Å². The Hall–Kier alpha value is -2.83. The van der Waals surface area contributed by atoms with E-state index in [1.807, 2.05) is 39.0 Å². The number of ether oxygens (including phenoxy) is 1. The first-order valence-corrected chi connectivity index (χ1v) is 10.0. The highest BCUT2D eigenvalue weighted by Crippen LogP contribution is 2.22. The molecule has 0 unspecified atom stereocenters. The first kappa shape index (κ1) is 20.9. The predicted molar refractivity (Wildman–Crippen MR) is 109 cm³/mol. The first-order chi connectivity index (χ1) is 13.8. The molecular formula is C22H29N3O4. The lowest BCUT2D eigenvalue weighted by molar-refractivity contribution is -0.122. The monoisotopic (exact) mass is 399 g/mol. The van der Waals surface area contributed by atoms with Gasteiger partial charge >= 0.3 is 6.09 Å². The Morgan fingerprint density at radius 2 is 2.00 bits per heavy atom. The Morgan fingerprint density at radius 3 is 2.59 bits per heavy atom. The molecule has 3 rings (SSSR count). The molecule has 1 fully saturated rings. The number of likely N-dealkylation sites (tertiary alicyclic amines) is 1. The van der Waals surface area contributed by atoms with Gasteiger partial charge in [-0.2, -0.15) is 0 Å². The van der Waals surface area contributed by atoms with Gasteiger partial charge in [0, 0.05) is 37.8 Å². The fourth-order valence-corrected chi connectivity index (χ4v) is 3.29. The number of hydrogen-bond acceptors (Lipinski definition) is 5. The van der Waals surface area contributed by atoms with Crippen LogP contribution in [0.1, 0.15) is 45.6 Å². The van der Waals surface area contributed by atoms with Crippen molar-refractivity contribution in [2.75, 3.05) is 13.1 Å². The molecule has 2 aromatic heterocycles. The molecule has 7 heteroatoms. The average molecular weight is 399 g/mol. The van der Waals surface area contributed by atoms with Crippen molar-refractivity contribution in [1.29, 1.82) is 0 Å². The largest absolute Gasteiger partial charge is 0.472 e. The third-order valence-corrected chi connectivity index (χ3v) is 4.87. The number of pyridine rings is 1. The molecule has 0 atom stereocenters. The lowest BCUT2D eigenvalue weighted by atomic mass is 9.93. The van der Waals surface area contributed by atoms with Crippen molar-refractivity contribution in [3.05, 3.63) is 42.5 Å². The number of nitrogens with zero attached hydrogens (tertiary/aromatic N) is 2. The zero-order chi connectivity index (χ0) is 20.9. The molecule has 2 amide bonds. The molecule has 29 heavy (non-hydrogen) atoms. The summed E-state index contributed by atoms with van der Waals surface area (Å²) in [6.45, 7) is 7.31. The van der Waals surface area contributed by atoms with Gasteiger partial charge < -0.3 is 19.4 Å². The highest BCUT2D eigenvalue weighted by atomic mass is 16.6. The smallest absolute Gasteiger partial charge is 0.410 e. The maximum absolute atomic E-state index is 12.3. The quantitative estimate of drug-likeness (QED) is 0.822. The SMILES string of the molecule is CC(C)(C)OC(=O)N1CCC(CC(=O)NCc2ccc(-c3ccoc3)nc2)CC1. The van der Waals surface area contributed by atoms with E-state index in [1.165, 1.54) is 0 Å². The molecule has 7 nitrogen and oxygen atoms in total. The van der Waals surface area contributed by atoms with Gasteiger partial charge in [-0.1, -0.05) is 6.07 Å². The molecular weight excluding hydrogens is 370 g/mol. The van der Waals surface area contributed by atoms with E-state index in [0.717, 1.165) is 29.7 Å². The zero-order valence-corrected chi connectivity index (χ0v) is 17.3. The molecule has 1 aliphatic rings. The maximum Gasteiger partial charge on any atom is 0.410 e. The fraction of sp³-hybridized carbons (Fsp3) is 0.500. The fourth-order valence-electron chi connectivity index (χ4n) is 3.29. The summed E-state index contributed by atoms with van der Waals surface area (Å²) in [4.78, 5) is 30.5. The second kappa shape index (κ2) is 9.11. The number of amides is 2. The van der Waals surface area contributed by atoms with E-state index >= 15 is 0 Å². The lowest BCUT2D eigenvalue weighted by Gasteiger charge is -2.33. The van der Waals surface area contributed by atoms with E-state index in [1.54, 1.807) is 23.6 Å². The number of furan rings is 1. The third-order valence-electron chi connectivity index (χ3n) is 4.87. The predicted octanol–water partition coefficient (Wildman–Crippen LogP) is 4.00. The van der Waals surface area contributed by atoms with Crippen LogP contribution in [0.5, 0.6) is 0 Å². The van der Waals surface area contributed by atoms with Crippen molar-refractivity contribution in [1.82, 2.24) is 15.2 Å². The average Bonchev–Trinajstić information content (AvgIpc) is 3.21. The molecule has 2 aromatic rings. The van der Waals surface area contributed by atoms with E-state index in [2.05, 4.69) is 10.3 Å². The van der Waals surface area contributed by atoms with Crippen LogP contribution in [-0.2, 0) is 16.1 Å². The second-order valence-electron chi connectivity index (χ2n) is 8.46. The summed E-state index contributed by atoms with van der Waals surface area (Å²) >= 11 is 0.